The number of rotatable bonds is 2. The van der Waals surface area contributed by atoms with Crippen molar-refractivity contribution >= 4 is 17.7 Å². The van der Waals surface area contributed by atoms with E-state index in [9.17, 15) is 4.79 Å². The number of benzene rings is 2. The van der Waals surface area contributed by atoms with Crippen LogP contribution in [0, 0.1) is 0 Å². The minimum atomic E-state index is 0.0263. The molecule has 0 N–H and O–H groups in total. The highest BCUT2D eigenvalue weighted by Gasteiger charge is 2.22. The Morgan fingerprint density at radius 1 is 1.11 bits per heavy atom. The van der Waals surface area contributed by atoms with Crippen molar-refractivity contribution in [1.29, 1.82) is 0 Å². The number of fused-ring (bicyclic) bond motifs is 1. The van der Waals surface area contributed by atoms with Crippen LogP contribution in [0.4, 0.5) is 5.69 Å². The van der Waals surface area contributed by atoms with E-state index in [1.807, 2.05) is 53.3 Å². The van der Waals surface area contributed by atoms with Gasteiger partial charge in [0.25, 0.3) is 6.73 Å². The molecule has 2 aromatic rings. The van der Waals surface area contributed by atoms with E-state index >= 15 is 0 Å². The minimum Gasteiger partial charge on any atom is -0.434 e. The van der Waals surface area contributed by atoms with Crippen LogP contribution in [0.2, 0.25) is 0 Å². The summed E-state index contributed by atoms with van der Waals surface area (Å²) in [4.78, 5) is 11.6. The molecule has 19 heavy (non-hydrogen) atoms. The van der Waals surface area contributed by atoms with Gasteiger partial charge in [-0.05, 0) is 19.1 Å². The number of carbonyl (C=O) groups excluding carboxylic acids is 1. The molecule has 1 aliphatic heterocycles. The molecule has 0 spiro atoms. The monoisotopic (exact) mass is 252 g/mol. The van der Waals surface area contributed by atoms with Crippen molar-refractivity contribution in [3.63, 3.8) is 0 Å². The zero-order valence-electron chi connectivity index (χ0n) is 10.7. The Hall–Kier alpha value is -2.42. The van der Waals surface area contributed by atoms with Gasteiger partial charge in [-0.25, -0.2) is 0 Å². The van der Waals surface area contributed by atoms with Gasteiger partial charge in [-0.3, -0.25) is 4.79 Å². The number of para-hydroxylation sites is 2. The number of ether oxygens (including phenoxy) is 1. The van der Waals surface area contributed by atoms with Crippen LogP contribution in [0.25, 0.3) is 0 Å². The Bertz CT molecular complexity index is 660. The van der Waals surface area contributed by atoms with Gasteiger partial charge in [-0.15, -0.1) is 0 Å². The van der Waals surface area contributed by atoms with Gasteiger partial charge in [-0.1, -0.05) is 24.3 Å². The van der Waals surface area contributed by atoms with Crippen LogP contribution in [-0.2, 0) is 0 Å². The number of Topliss-reactive ketones (excluding diaryl/α,β-unsaturated/α-hetero) is 1. The minimum absolute atomic E-state index is 0.0263. The first-order chi connectivity index (χ1) is 9.25. The smallest absolute Gasteiger partial charge is 0.292 e. The Labute approximate surface area is 111 Å². The van der Waals surface area contributed by atoms with Crippen LogP contribution in [0.3, 0.4) is 0 Å². The molecule has 3 nitrogen and oxygen atoms in total. The standard InChI is InChI=1S/C16H14NO2/c1-12(18)15-9-5-6-13-10-17(11-19-16(13)15)14-7-3-2-4-8-14/h2-10H,11H2,1H3/q+1. The van der Waals surface area contributed by atoms with E-state index in [2.05, 4.69) is 0 Å². The summed E-state index contributed by atoms with van der Waals surface area (Å²) in [5.74, 6) is 0.709. The molecule has 0 amide bonds. The maximum Gasteiger partial charge on any atom is 0.292 e. The van der Waals surface area contributed by atoms with Crippen molar-refractivity contribution < 1.29 is 14.1 Å². The Morgan fingerprint density at radius 2 is 1.89 bits per heavy atom. The van der Waals surface area contributed by atoms with Crippen molar-refractivity contribution in [3.05, 3.63) is 59.7 Å². The molecular weight excluding hydrogens is 238 g/mol. The largest absolute Gasteiger partial charge is 0.434 e. The van der Waals surface area contributed by atoms with Crippen molar-refractivity contribution in [2.75, 3.05) is 6.73 Å². The highest BCUT2D eigenvalue weighted by Crippen LogP contribution is 2.27. The highest BCUT2D eigenvalue weighted by molar-refractivity contribution is 6.00. The number of hydrogen-bond donors (Lipinski definition) is 0. The number of carbonyl (C=O) groups is 1. The summed E-state index contributed by atoms with van der Waals surface area (Å²) in [6.07, 6.45) is 2.01. The molecule has 2 aromatic carbocycles. The first-order valence-electron chi connectivity index (χ1n) is 6.19. The lowest BCUT2D eigenvalue weighted by Crippen LogP contribution is -2.22. The molecule has 0 unspecified atom stereocenters. The summed E-state index contributed by atoms with van der Waals surface area (Å²) in [5, 5.41) is 0. The van der Waals surface area contributed by atoms with Crippen LogP contribution in [0.5, 0.6) is 5.75 Å². The van der Waals surface area contributed by atoms with E-state index < -0.39 is 0 Å². The predicted octanol–water partition coefficient (Wildman–Crippen LogP) is 3.00. The van der Waals surface area contributed by atoms with E-state index in [4.69, 9.17) is 4.74 Å². The molecule has 0 aromatic heterocycles. The van der Waals surface area contributed by atoms with E-state index in [1.165, 1.54) is 0 Å². The molecule has 0 saturated carbocycles. The Kier molecular flexibility index (Phi) is 2.88. The maximum atomic E-state index is 11.6. The van der Waals surface area contributed by atoms with E-state index in [1.54, 1.807) is 13.0 Å². The molecule has 0 saturated heterocycles. The van der Waals surface area contributed by atoms with Crippen LogP contribution >= 0.6 is 0 Å². The fourth-order valence-corrected chi connectivity index (χ4v) is 2.20. The third-order valence-electron chi connectivity index (χ3n) is 3.16. The summed E-state index contributed by atoms with van der Waals surface area (Å²) >= 11 is 0. The normalized spacial score (nSPS) is 13.2. The van der Waals surface area contributed by atoms with Crippen LogP contribution in [0.1, 0.15) is 22.8 Å². The lowest BCUT2D eigenvalue weighted by Gasteiger charge is -2.15. The molecule has 3 rings (SSSR count). The van der Waals surface area contributed by atoms with Gasteiger partial charge in [0, 0.05) is 12.1 Å². The third-order valence-corrected chi connectivity index (χ3v) is 3.16. The predicted molar refractivity (Wildman–Crippen MR) is 73.5 cm³/mol. The molecule has 1 aliphatic rings. The zero-order chi connectivity index (χ0) is 13.2. The summed E-state index contributed by atoms with van der Waals surface area (Å²) in [7, 11) is 0. The molecule has 0 atom stereocenters. The lowest BCUT2D eigenvalue weighted by atomic mass is 10.1. The van der Waals surface area contributed by atoms with Crippen molar-refractivity contribution in [2.24, 2.45) is 0 Å². The lowest BCUT2D eigenvalue weighted by molar-refractivity contribution is -0.476. The topological polar surface area (TPSA) is 29.3 Å². The van der Waals surface area contributed by atoms with E-state index in [0.29, 0.717) is 18.0 Å². The van der Waals surface area contributed by atoms with Crippen molar-refractivity contribution in [1.82, 2.24) is 0 Å². The van der Waals surface area contributed by atoms with Gasteiger partial charge in [0.2, 0.25) is 5.69 Å². The Morgan fingerprint density at radius 3 is 2.63 bits per heavy atom. The molecule has 0 fully saturated rings. The van der Waals surface area contributed by atoms with Gasteiger partial charge >= 0.3 is 0 Å². The quantitative estimate of drug-likeness (QED) is 0.607. The molecule has 0 radical (unpaired) electrons. The Balaban J connectivity index is 2.07. The summed E-state index contributed by atoms with van der Waals surface area (Å²) in [5.41, 5.74) is 2.64. The van der Waals surface area contributed by atoms with Crippen molar-refractivity contribution in [3.8, 4) is 5.75 Å². The molecule has 0 aliphatic carbocycles. The molecular formula is C16H14NO2+. The van der Waals surface area contributed by atoms with Gasteiger partial charge in [0.15, 0.2) is 17.7 Å². The fourth-order valence-electron chi connectivity index (χ4n) is 2.20. The van der Waals surface area contributed by atoms with Crippen LogP contribution < -0.4 is 4.74 Å². The van der Waals surface area contributed by atoms with Crippen molar-refractivity contribution in [2.45, 2.75) is 6.92 Å². The maximum absolute atomic E-state index is 11.6. The first-order valence-corrected chi connectivity index (χ1v) is 6.19. The van der Waals surface area contributed by atoms with Crippen LogP contribution in [-0.4, -0.2) is 23.3 Å². The fraction of sp³-hybridized carbons (Fsp3) is 0.125. The van der Waals surface area contributed by atoms with Gasteiger partial charge in [0.05, 0.1) is 11.1 Å². The molecule has 3 heteroatoms. The van der Waals surface area contributed by atoms with E-state index in [-0.39, 0.29) is 5.78 Å². The second-order valence-electron chi connectivity index (χ2n) is 4.49. The second kappa shape index (κ2) is 4.69. The first kappa shape index (κ1) is 11.7. The van der Waals surface area contributed by atoms with Gasteiger partial charge < -0.3 is 4.74 Å². The molecule has 0 bridgehead atoms. The SMILES string of the molecule is CC(=O)c1cccc2c1OC[N+](c1ccccc1)=C2. The second-order valence-corrected chi connectivity index (χ2v) is 4.49. The third kappa shape index (κ3) is 2.15. The highest BCUT2D eigenvalue weighted by atomic mass is 16.5. The number of nitrogens with zero attached hydrogens (tertiary/aromatic N) is 1. The average molecular weight is 252 g/mol. The summed E-state index contributed by atoms with van der Waals surface area (Å²) in [6.45, 7) is 1.98. The molecule has 94 valence electrons. The summed E-state index contributed by atoms with van der Waals surface area (Å²) < 4.78 is 7.78. The zero-order valence-corrected chi connectivity index (χ0v) is 10.7. The van der Waals surface area contributed by atoms with Gasteiger partial charge in [-0.2, -0.15) is 4.58 Å². The number of ketones is 1. The average Bonchev–Trinajstić information content (AvgIpc) is 2.47. The van der Waals surface area contributed by atoms with Crippen LogP contribution in [0.15, 0.2) is 48.5 Å². The number of hydrogen-bond acceptors (Lipinski definition) is 2. The van der Waals surface area contributed by atoms with Gasteiger partial charge in [0.1, 0.15) is 0 Å². The molecule has 1 heterocycles. The van der Waals surface area contributed by atoms with E-state index in [0.717, 1.165) is 11.3 Å². The summed E-state index contributed by atoms with van der Waals surface area (Å²) in [6, 6.07) is 15.7.